The van der Waals surface area contributed by atoms with Gasteiger partial charge in [-0.1, -0.05) is 23.7 Å². The van der Waals surface area contributed by atoms with E-state index in [-0.39, 0.29) is 5.75 Å². The summed E-state index contributed by atoms with van der Waals surface area (Å²) in [5, 5.41) is 17.9. The summed E-state index contributed by atoms with van der Waals surface area (Å²) < 4.78 is 1.92. The zero-order valence-corrected chi connectivity index (χ0v) is 17.7. The van der Waals surface area contributed by atoms with Crippen LogP contribution in [0.5, 0.6) is 5.75 Å². The number of benzene rings is 2. The van der Waals surface area contributed by atoms with Crippen LogP contribution >= 0.6 is 11.6 Å². The minimum Gasteiger partial charge on any atom is -0.507 e. The first-order valence-corrected chi connectivity index (χ1v) is 10.1. The van der Waals surface area contributed by atoms with Gasteiger partial charge in [-0.05, 0) is 50.6 Å². The number of aromatic hydroxyl groups is 1. The Morgan fingerprint density at radius 3 is 2.77 bits per heavy atom. The Morgan fingerprint density at radius 1 is 1.20 bits per heavy atom. The molecule has 30 heavy (non-hydrogen) atoms. The van der Waals surface area contributed by atoms with Crippen molar-refractivity contribution in [2.24, 2.45) is 0 Å². The molecule has 5 rings (SSSR count). The average molecular weight is 421 g/mol. The van der Waals surface area contributed by atoms with Gasteiger partial charge in [0.2, 0.25) is 0 Å². The lowest BCUT2D eigenvalue weighted by Gasteiger charge is -2.21. The molecule has 0 aliphatic carbocycles. The number of phenolic OH excluding ortho intramolecular Hbond substituents is 1. The van der Waals surface area contributed by atoms with E-state index in [1.54, 1.807) is 12.3 Å². The van der Waals surface area contributed by atoms with E-state index in [9.17, 15) is 5.11 Å². The molecule has 0 spiro atoms. The molecule has 1 aliphatic rings. The second-order valence-corrected chi connectivity index (χ2v) is 8.58. The van der Waals surface area contributed by atoms with Crippen molar-refractivity contribution >= 4 is 39.0 Å². The van der Waals surface area contributed by atoms with Gasteiger partial charge in [0.1, 0.15) is 11.5 Å². The van der Waals surface area contributed by atoms with Crippen LogP contribution in [0.1, 0.15) is 31.9 Å². The normalized spacial score (nSPS) is 15.9. The Labute approximate surface area is 178 Å². The molecule has 0 bridgehead atoms. The SMILES string of the molecule is CC1=C(c2cc3ncc4cnn(Cc5cccc(Cl)c5)c4c3cc2O)C(C)(C)NO1. The first-order chi connectivity index (χ1) is 14.3. The molecule has 7 heteroatoms. The number of hydrogen-bond donors (Lipinski definition) is 2. The van der Waals surface area contributed by atoms with Crippen LogP contribution in [-0.2, 0) is 11.4 Å². The zero-order valence-electron chi connectivity index (χ0n) is 16.9. The van der Waals surface area contributed by atoms with Crippen LogP contribution in [0.4, 0.5) is 0 Å². The van der Waals surface area contributed by atoms with Gasteiger partial charge in [-0.2, -0.15) is 5.10 Å². The van der Waals surface area contributed by atoms with Crippen LogP contribution < -0.4 is 5.48 Å². The Hall–Kier alpha value is -3.09. The van der Waals surface area contributed by atoms with E-state index in [1.165, 1.54) is 0 Å². The highest BCUT2D eigenvalue weighted by molar-refractivity contribution is 6.30. The van der Waals surface area contributed by atoms with Crippen molar-refractivity contribution in [2.45, 2.75) is 32.9 Å². The maximum absolute atomic E-state index is 10.9. The second-order valence-electron chi connectivity index (χ2n) is 8.14. The highest BCUT2D eigenvalue weighted by atomic mass is 35.5. The van der Waals surface area contributed by atoms with Gasteiger partial charge < -0.3 is 9.94 Å². The van der Waals surface area contributed by atoms with Crippen LogP contribution in [0.15, 0.2) is 54.6 Å². The number of nitrogens with zero attached hydrogens (tertiary/aromatic N) is 3. The number of pyridine rings is 1. The number of rotatable bonds is 3. The van der Waals surface area contributed by atoms with E-state index < -0.39 is 5.54 Å². The van der Waals surface area contributed by atoms with Gasteiger partial charge in [0, 0.05) is 33.1 Å². The third-order valence-electron chi connectivity index (χ3n) is 5.51. The Balaban J connectivity index is 1.68. The molecule has 0 atom stereocenters. The quantitative estimate of drug-likeness (QED) is 0.486. The summed E-state index contributed by atoms with van der Waals surface area (Å²) in [6.45, 7) is 6.48. The van der Waals surface area contributed by atoms with Crippen molar-refractivity contribution in [3.8, 4) is 5.75 Å². The highest BCUT2D eigenvalue weighted by Crippen LogP contribution is 2.41. The molecule has 1 aliphatic heterocycles. The van der Waals surface area contributed by atoms with E-state index in [2.05, 4.69) is 15.6 Å². The van der Waals surface area contributed by atoms with Gasteiger partial charge >= 0.3 is 0 Å². The predicted molar refractivity (Wildman–Crippen MR) is 118 cm³/mol. The van der Waals surface area contributed by atoms with E-state index in [1.807, 2.05) is 62.0 Å². The molecule has 0 amide bonds. The molecule has 2 aromatic heterocycles. The van der Waals surface area contributed by atoms with Gasteiger partial charge in [0.05, 0.1) is 29.3 Å². The van der Waals surface area contributed by atoms with Gasteiger partial charge in [0.25, 0.3) is 0 Å². The van der Waals surface area contributed by atoms with Crippen molar-refractivity contribution in [1.29, 1.82) is 0 Å². The number of hydroxylamine groups is 1. The van der Waals surface area contributed by atoms with Crippen molar-refractivity contribution in [1.82, 2.24) is 20.2 Å². The van der Waals surface area contributed by atoms with Crippen LogP contribution in [0.3, 0.4) is 0 Å². The van der Waals surface area contributed by atoms with Gasteiger partial charge in [-0.15, -0.1) is 5.48 Å². The number of allylic oxidation sites excluding steroid dienone is 1. The number of phenols is 1. The summed E-state index contributed by atoms with van der Waals surface area (Å²) >= 11 is 6.14. The summed E-state index contributed by atoms with van der Waals surface area (Å²) in [5.41, 5.74) is 6.96. The molecule has 0 saturated heterocycles. The second kappa shape index (κ2) is 6.72. The van der Waals surface area contributed by atoms with E-state index in [0.29, 0.717) is 17.1 Å². The summed E-state index contributed by atoms with van der Waals surface area (Å²) in [7, 11) is 0. The predicted octanol–water partition coefficient (Wildman–Crippen LogP) is 5.04. The molecule has 152 valence electrons. The standard InChI is InChI=1S/C23H21ClN4O2/c1-13-21(23(2,3)27-30-13)18-8-19-17(9-20(18)29)22-15(10-25-19)11-26-28(22)12-14-5-4-6-16(24)7-14/h4-11,27,29H,12H2,1-3H3. The number of nitrogens with one attached hydrogen (secondary N) is 1. The van der Waals surface area contributed by atoms with Crippen LogP contribution in [0.25, 0.3) is 27.4 Å². The molecule has 2 N–H and O–H groups in total. The topological polar surface area (TPSA) is 72.2 Å². The number of aromatic nitrogens is 3. The maximum atomic E-state index is 10.9. The third-order valence-corrected chi connectivity index (χ3v) is 5.74. The molecule has 0 radical (unpaired) electrons. The number of hydrogen-bond acceptors (Lipinski definition) is 5. The molecule has 3 heterocycles. The molecule has 0 unspecified atom stereocenters. The molecule has 6 nitrogen and oxygen atoms in total. The minimum atomic E-state index is -0.423. The van der Waals surface area contributed by atoms with Crippen molar-refractivity contribution < 1.29 is 9.94 Å². The van der Waals surface area contributed by atoms with Gasteiger partial charge in [-0.3, -0.25) is 9.67 Å². The Kier molecular flexibility index (Phi) is 4.24. The molecule has 0 saturated carbocycles. The fourth-order valence-electron chi connectivity index (χ4n) is 4.20. The molecule has 2 aromatic carbocycles. The Morgan fingerprint density at radius 2 is 2.03 bits per heavy atom. The third kappa shape index (κ3) is 3.00. The highest BCUT2D eigenvalue weighted by Gasteiger charge is 2.35. The number of halogens is 1. The smallest absolute Gasteiger partial charge is 0.127 e. The van der Waals surface area contributed by atoms with Gasteiger partial charge in [0.15, 0.2) is 0 Å². The Bertz CT molecular complexity index is 1340. The monoisotopic (exact) mass is 420 g/mol. The molecular formula is C23H21ClN4O2. The van der Waals surface area contributed by atoms with Gasteiger partial charge in [-0.25, -0.2) is 0 Å². The summed E-state index contributed by atoms with van der Waals surface area (Å²) in [5.74, 6) is 0.920. The average Bonchev–Trinajstić information content (AvgIpc) is 3.22. The summed E-state index contributed by atoms with van der Waals surface area (Å²) in [6.07, 6.45) is 3.61. The zero-order chi connectivity index (χ0) is 21.0. The lowest BCUT2D eigenvalue weighted by Crippen LogP contribution is -2.34. The lowest BCUT2D eigenvalue weighted by molar-refractivity contribution is 0.0930. The number of fused-ring (bicyclic) bond motifs is 3. The first-order valence-electron chi connectivity index (χ1n) is 9.71. The summed E-state index contributed by atoms with van der Waals surface area (Å²) in [4.78, 5) is 10.1. The van der Waals surface area contributed by atoms with Crippen LogP contribution in [-0.4, -0.2) is 25.4 Å². The van der Waals surface area contributed by atoms with Crippen molar-refractivity contribution in [3.63, 3.8) is 0 Å². The molecule has 0 fully saturated rings. The lowest BCUT2D eigenvalue weighted by atomic mass is 9.87. The van der Waals surface area contributed by atoms with Crippen molar-refractivity contribution in [2.75, 3.05) is 0 Å². The maximum Gasteiger partial charge on any atom is 0.127 e. The van der Waals surface area contributed by atoms with Crippen molar-refractivity contribution in [3.05, 3.63) is 70.7 Å². The minimum absolute atomic E-state index is 0.182. The van der Waals surface area contributed by atoms with E-state index >= 15 is 0 Å². The van der Waals surface area contributed by atoms with Crippen LogP contribution in [0, 0.1) is 0 Å². The van der Waals surface area contributed by atoms with E-state index in [0.717, 1.165) is 38.7 Å². The molecular weight excluding hydrogens is 400 g/mol. The first kappa shape index (κ1) is 18.9. The molecule has 4 aromatic rings. The fraction of sp³-hybridized carbons (Fsp3) is 0.217. The largest absolute Gasteiger partial charge is 0.507 e. The van der Waals surface area contributed by atoms with E-state index in [4.69, 9.17) is 16.4 Å². The fourth-order valence-corrected chi connectivity index (χ4v) is 4.42. The van der Waals surface area contributed by atoms with Crippen LogP contribution in [0.2, 0.25) is 5.02 Å². The summed E-state index contributed by atoms with van der Waals surface area (Å²) in [6, 6.07) is 11.4.